The number of rotatable bonds is 37. The largest absolute Gasteiger partial charge is 0.481 e. The van der Waals surface area contributed by atoms with Crippen molar-refractivity contribution < 1.29 is 67.7 Å². The maximum absolute atomic E-state index is 13.7. The number of ketones is 1. The van der Waals surface area contributed by atoms with Crippen LogP contribution in [0.2, 0.25) is 0 Å². The Labute approximate surface area is 407 Å². The van der Waals surface area contributed by atoms with Gasteiger partial charge in [-0.05, 0) is 58.3 Å². The van der Waals surface area contributed by atoms with Crippen molar-refractivity contribution in [1.82, 2.24) is 42.5 Å². The van der Waals surface area contributed by atoms with Crippen molar-refractivity contribution in [2.45, 2.75) is 114 Å². The zero-order chi connectivity index (χ0) is 54.1. The SMILES string of the molecule is CC(=O)CCC(=O)NC(CCC(=O)O)C(=O)NC(CCC(=O)O)C(=O)NCC(=O)NCC(=O)NCC(=O)NC(CCCN=C(N)N)C(=O)NC(CCCN=C(N)N)C(=O)NC(CCCN=C(N)N)C(N)=O. The molecule has 0 aliphatic rings. The standard InChI is InChI=1S/C39H68N18O14/c1-20(58)8-11-26(59)53-25(10-13-31(65)66)36(71)57-24(9-12-30(63)64)33(68)52-18-28(61)50-17-27(60)51-19-29(62)54-22(6-3-15-48-38(43)44)34(69)56-23(7-4-16-49-39(45)46)35(70)55-21(32(40)67)5-2-14-47-37(41)42/h21-25H,2-19H2,1H3,(H2,40,67)(H,50,61)(H,51,60)(H,52,68)(H,53,59)(H,54,62)(H,55,70)(H,56,69)(H,57,71)(H,63,64)(H,65,66)(H4,41,42,47)(H4,43,44,48)(H4,45,46,49). The molecule has 0 radical (unpaired) electrons. The molecule has 32 nitrogen and oxygen atoms in total. The van der Waals surface area contributed by atoms with Gasteiger partial charge >= 0.3 is 11.9 Å². The highest BCUT2D eigenvalue weighted by molar-refractivity contribution is 5.96. The van der Waals surface area contributed by atoms with E-state index in [-0.39, 0.29) is 94.7 Å². The number of Topliss-reactive ketones (excluding diaryl/α,β-unsaturated/α-hetero) is 1. The number of guanidine groups is 3. The van der Waals surface area contributed by atoms with Crippen LogP contribution in [0.25, 0.3) is 0 Å². The molecule has 24 N–H and O–H groups in total. The van der Waals surface area contributed by atoms with Crippen molar-refractivity contribution in [3.63, 3.8) is 0 Å². The van der Waals surface area contributed by atoms with Crippen LogP contribution in [0, 0.1) is 0 Å². The summed E-state index contributed by atoms with van der Waals surface area (Å²) >= 11 is 0. The van der Waals surface area contributed by atoms with E-state index in [1.807, 2.05) is 0 Å². The molecule has 71 heavy (non-hydrogen) atoms. The van der Waals surface area contributed by atoms with E-state index in [0.29, 0.717) is 0 Å². The van der Waals surface area contributed by atoms with E-state index in [1.54, 1.807) is 0 Å². The first-order valence-corrected chi connectivity index (χ1v) is 22.0. The number of hydrogen-bond acceptors (Lipinski definition) is 15. The number of carbonyl (C=O) groups is 12. The lowest BCUT2D eigenvalue weighted by Crippen LogP contribution is -2.57. The number of amides is 9. The van der Waals surface area contributed by atoms with Gasteiger partial charge in [0.2, 0.25) is 53.2 Å². The van der Waals surface area contributed by atoms with Gasteiger partial charge in [-0.25, -0.2) is 0 Å². The summed E-state index contributed by atoms with van der Waals surface area (Å²) in [7, 11) is 0. The predicted octanol–water partition coefficient (Wildman–Crippen LogP) is -8.50. The highest BCUT2D eigenvalue weighted by Crippen LogP contribution is 2.07. The summed E-state index contributed by atoms with van der Waals surface area (Å²) in [5.41, 5.74) is 37.7. The molecule has 0 aromatic rings. The van der Waals surface area contributed by atoms with Gasteiger partial charge in [-0.2, -0.15) is 0 Å². The molecule has 0 aromatic heterocycles. The summed E-state index contributed by atoms with van der Waals surface area (Å²) in [5, 5.41) is 36.8. The molecular weight excluding hydrogens is 945 g/mol. The first-order valence-electron chi connectivity index (χ1n) is 22.0. The van der Waals surface area contributed by atoms with Crippen LogP contribution >= 0.6 is 0 Å². The number of nitrogens with two attached hydrogens (primary N) is 7. The molecule has 0 saturated carbocycles. The number of carbonyl (C=O) groups excluding carboxylic acids is 10. The lowest BCUT2D eigenvalue weighted by Gasteiger charge is -2.25. The predicted molar refractivity (Wildman–Crippen MR) is 251 cm³/mol. The van der Waals surface area contributed by atoms with Crippen molar-refractivity contribution in [2.24, 2.45) is 55.1 Å². The molecule has 32 heteroatoms. The second-order valence-electron chi connectivity index (χ2n) is 15.5. The van der Waals surface area contributed by atoms with E-state index >= 15 is 0 Å². The van der Waals surface area contributed by atoms with Crippen LogP contribution in [0.3, 0.4) is 0 Å². The molecule has 9 amide bonds. The minimum Gasteiger partial charge on any atom is -0.481 e. The number of aliphatic carboxylic acids is 2. The van der Waals surface area contributed by atoms with Crippen LogP contribution in [0.5, 0.6) is 0 Å². The summed E-state index contributed by atoms with van der Waals surface area (Å²) < 4.78 is 0. The molecule has 0 heterocycles. The number of carboxylic acid groups (broad SMARTS) is 2. The van der Waals surface area contributed by atoms with Crippen molar-refractivity contribution >= 4 is 88.8 Å². The second-order valence-corrected chi connectivity index (χ2v) is 15.5. The molecule has 5 unspecified atom stereocenters. The zero-order valence-corrected chi connectivity index (χ0v) is 39.3. The molecule has 398 valence electrons. The smallest absolute Gasteiger partial charge is 0.303 e. The second kappa shape index (κ2) is 34.9. The highest BCUT2D eigenvalue weighted by Gasteiger charge is 2.30. The van der Waals surface area contributed by atoms with E-state index < -0.39 is 141 Å². The fraction of sp³-hybridized carbons (Fsp3) is 0.615. The number of aliphatic imine (C=N–C) groups is 3. The zero-order valence-electron chi connectivity index (χ0n) is 39.3. The van der Waals surface area contributed by atoms with Gasteiger partial charge in [-0.3, -0.25) is 67.7 Å². The minimum atomic E-state index is -1.60. The van der Waals surface area contributed by atoms with Gasteiger partial charge in [0, 0.05) is 45.3 Å². The molecule has 0 aliphatic carbocycles. The van der Waals surface area contributed by atoms with Gasteiger partial charge in [0.1, 0.15) is 36.0 Å². The Morgan fingerprint density at radius 2 is 0.732 bits per heavy atom. The van der Waals surface area contributed by atoms with Crippen LogP contribution < -0.4 is 82.7 Å². The van der Waals surface area contributed by atoms with Gasteiger partial charge in [0.15, 0.2) is 17.9 Å². The van der Waals surface area contributed by atoms with Crippen LogP contribution in [0.1, 0.15) is 84.0 Å². The summed E-state index contributed by atoms with van der Waals surface area (Å²) in [4.78, 5) is 161. The topological polar surface area (TPSA) is 561 Å². The number of nitrogens with zero attached hydrogens (tertiary/aromatic N) is 3. The Balaban J connectivity index is 5.75. The number of primary amides is 1. The first-order chi connectivity index (χ1) is 33.3. The molecule has 0 spiro atoms. The van der Waals surface area contributed by atoms with Crippen molar-refractivity contribution in [2.75, 3.05) is 39.3 Å². The lowest BCUT2D eigenvalue weighted by atomic mass is 10.1. The summed E-state index contributed by atoms with van der Waals surface area (Å²) in [6.07, 6.45) is -2.22. The third kappa shape index (κ3) is 32.1. The van der Waals surface area contributed by atoms with E-state index in [0.717, 1.165) is 0 Å². The molecule has 0 aromatic carbocycles. The van der Waals surface area contributed by atoms with Crippen molar-refractivity contribution in [3.8, 4) is 0 Å². The van der Waals surface area contributed by atoms with Gasteiger partial charge in [0.25, 0.3) is 0 Å². The molecule has 0 saturated heterocycles. The van der Waals surface area contributed by atoms with Gasteiger partial charge in [-0.15, -0.1) is 0 Å². The summed E-state index contributed by atoms with van der Waals surface area (Å²) in [5.74, 6) is -11.9. The van der Waals surface area contributed by atoms with Crippen LogP contribution in [-0.4, -0.2) is 168 Å². The number of hydrogen-bond donors (Lipinski definition) is 17. The lowest BCUT2D eigenvalue weighted by molar-refractivity contribution is -0.139. The molecule has 5 atom stereocenters. The Morgan fingerprint density at radius 3 is 1.13 bits per heavy atom. The minimum absolute atomic E-state index is 0.0256. The molecule has 0 aliphatic heterocycles. The van der Waals surface area contributed by atoms with Gasteiger partial charge in [-0.1, -0.05) is 0 Å². The monoisotopic (exact) mass is 1010 g/mol. The summed E-state index contributed by atoms with van der Waals surface area (Å²) in [6, 6.07) is -6.96. The van der Waals surface area contributed by atoms with Crippen molar-refractivity contribution in [1.29, 1.82) is 0 Å². The Hall–Kier alpha value is -8.35. The molecule has 0 bridgehead atoms. The van der Waals surface area contributed by atoms with Crippen LogP contribution in [0.15, 0.2) is 15.0 Å². The Bertz CT molecular complexity index is 1970. The average molecular weight is 1010 g/mol. The van der Waals surface area contributed by atoms with E-state index in [2.05, 4.69) is 57.5 Å². The van der Waals surface area contributed by atoms with Gasteiger partial charge in [0.05, 0.1) is 19.6 Å². The fourth-order valence-electron chi connectivity index (χ4n) is 5.80. The molecular formula is C39H68N18O14. The third-order valence-corrected chi connectivity index (χ3v) is 9.38. The molecule has 0 rings (SSSR count). The Kier molecular flexibility index (Phi) is 30.8. The van der Waals surface area contributed by atoms with E-state index in [9.17, 15) is 62.6 Å². The van der Waals surface area contributed by atoms with E-state index in [4.69, 9.17) is 45.2 Å². The third-order valence-electron chi connectivity index (χ3n) is 9.38. The first kappa shape index (κ1) is 62.6. The van der Waals surface area contributed by atoms with Gasteiger partial charge < -0.3 is 97.7 Å². The Morgan fingerprint density at radius 1 is 0.394 bits per heavy atom. The van der Waals surface area contributed by atoms with E-state index in [1.165, 1.54) is 6.92 Å². The highest BCUT2D eigenvalue weighted by atomic mass is 16.4. The van der Waals surface area contributed by atoms with Crippen molar-refractivity contribution in [3.05, 3.63) is 0 Å². The maximum Gasteiger partial charge on any atom is 0.303 e. The normalized spacial score (nSPS) is 12.5. The summed E-state index contributed by atoms with van der Waals surface area (Å²) in [6.45, 7) is -0.845. The number of carboxylic acids is 2. The number of nitrogens with one attached hydrogen (secondary N) is 8. The fourth-order valence-corrected chi connectivity index (χ4v) is 5.80. The quantitative estimate of drug-likeness (QED) is 0.0156. The van der Waals surface area contributed by atoms with Crippen LogP contribution in [-0.2, 0) is 57.5 Å². The van der Waals surface area contributed by atoms with Crippen LogP contribution in [0.4, 0.5) is 0 Å². The molecule has 0 fully saturated rings. The maximum atomic E-state index is 13.7. The average Bonchev–Trinajstić information content (AvgIpc) is 3.28.